The lowest BCUT2D eigenvalue weighted by molar-refractivity contribution is -0.112. The minimum absolute atomic E-state index is 0.0260. The highest BCUT2D eigenvalue weighted by Crippen LogP contribution is 2.29. The lowest BCUT2D eigenvalue weighted by Gasteiger charge is -2.10. The van der Waals surface area contributed by atoms with Crippen LogP contribution in [0.2, 0.25) is 0 Å². The molecule has 128 valence electrons. The Bertz CT molecular complexity index is 864. The van der Waals surface area contributed by atoms with Crippen molar-refractivity contribution in [2.24, 2.45) is 0 Å². The van der Waals surface area contributed by atoms with Crippen LogP contribution in [0.25, 0.3) is 6.08 Å². The van der Waals surface area contributed by atoms with Crippen LogP contribution < -0.4 is 14.8 Å². The topological polar surface area (TPSA) is 71.3 Å². The molecule has 0 saturated carbocycles. The van der Waals surface area contributed by atoms with E-state index in [1.54, 1.807) is 24.3 Å². The SMILES string of the molecule is COc1ccc(NC(=O)/C(C#N)=C/c2ccc(C)c(C)c2)cc1OC. The van der Waals surface area contributed by atoms with Gasteiger partial charge in [0, 0.05) is 11.8 Å². The second-order valence-electron chi connectivity index (χ2n) is 5.54. The van der Waals surface area contributed by atoms with E-state index in [0.717, 1.165) is 16.7 Å². The van der Waals surface area contributed by atoms with Gasteiger partial charge in [0.25, 0.3) is 5.91 Å². The predicted octanol–water partition coefficient (Wildman–Crippen LogP) is 3.87. The first kappa shape index (κ1) is 18.1. The smallest absolute Gasteiger partial charge is 0.266 e. The molecular formula is C20H20N2O3. The summed E-state index contributed by atoms with van der Waals surface area (Å²) in [5.41, 5.74) is 3.61. The minimum atomic E-state index is -0.479. The van der Waals surface area contributed by atoms with Gasteiger partial charge >= 0.3 is 0 Å². The van der Waals surface area contributed by atoms with Crippen molar-refractivity contribution in [1.82, 2.24) is 0 Å². The lowest BCUT2D eigenvalue weighted by Crippen LogP contribution is -2.13. The number of carbonyl (C=O) groups is 1. The van der Waals surface area contributed by atoms with Crippen LogP contribution >= 0.6 is 0 Å². The molecule has 0 atom stereocenters. The van der Waals surface area contributed by atoms with Crippen LogP contribution in [0.15, 0.2) is 42.0 Å². The standard InChI is InChI=1S/C20H20N2O3/c1-13-5-6-15(9-14(13)2)10-16(12-21)20(23)22-17-7-8-18(24-3)19(11-17)25-4/h5-11H,1-4H3,(H,22,23)/b16-10+. The van der Waals surface area contributed by atoms with Crippen LogP contribution in [0, 0.1) is 25.2 Å². The van der Waals surface area contributed by atoms with E-state index in [0.29, 0.717) is 17.2 Å². The first-order valence-electron chi connectivity index (χ1n) is 7.71. The Kier molecular flexibility index (Phi) is 5.80. The highest BCUT2D eigenvalue weighted by atomic mass is 16.5. The second-order valence-corrected chi connectivity index (χ2v) is 5.54. The van der Waals surface area contributed by atoms with E-state index in [1.807, 2.05) is 38.1 Å². The van der Waals surface area contributed by atoms with Gasteiger partial charge in [0.1, 0.15) is 11.6 Å². The van der Waals surface area contributed by atoms with Gasteiger partial charge in [0.2, 0.25) is 0 Å². The van der Waals surface area contributed by atoms with Gasteiger partial charge in [0.05, 0.1) is 14.2 Å². The molecule has 2 aromatic rings. The number of anilines is 1. The van der Waals surface area contributed by atoms with Crippen molar-refractivity contribution < 1.29 is 14.3 Å². The average molecular weight is 336 g/mol. The zero-order valence-electron chi connectivity index (χ0n) is 14.7. The molecule has 0 heterocycles. The van der Waals surface area contributed by atoms with Gasteiger partial charge in [-0.2, -0.15) is 5.26 Å². The molecule has 5 nitrogen and oxygen atoms in total. The molecular weight excluding hydrogens is 316 g/mol. The zero-order valence-corrected chi connectivity index (χ0v) is 14.7. The van der Waals surface area contributed by atoms with Gasteiger partial charge < -0.3 is 14.8 Å². The molecule has 2 rings (SSSR count). The summed E-state index contributed by atoms with van der Waals surface area (Å²) >= 11 is 0. The van der Waals surface area contributed by atoms with Crippen molar-refractivity contribution >= 4 is 17.7 Å². The maximum Gasteiger partial charge on any atom is 0.266 e. The fourth-order valence-electron chi connectivity index (χ4n) is 2.28. The number of hydrogen-bond donors (Lipinski definition) is 1. The maximum absolute atomic E-state index is 12.4. The fourth-order valence-corrected chi connectivity index (χ4v) is 2.28. The predicted molar refractivity (Wildman–Crippen MR) is 97.7 cm³/mol. The molecule has 0 aliphatic rings. The largest absolute Gasteiger partial charge is 0.493 e. The van der Waals surface area contributed by atoms with E-state index in [1.165, 1.54) is 14.2 Å². The number of nitrogens with zero attached hydrogens (tertiary/aromatic N) is 1. The fraction of sp³-hybridized carbons (Fsp3) is 0.200. The Morgan fingerprint density at radius 2 is 1.76 bits per heavy atom. The highest BCUT2D eigenvalue weighted by Gasteiger charge is 2.12. The summed E-state index contributed by atoms with van der Waals surface area (Å²) in [7, 11) is 3.06. The summed E-state index contributed by atoms with van der Waals surface area (Å²) in [6.45, 7) is 4.00. The van der Waals surface area contributed by atoms with Crippen LogP contribution in [0.1, 0.15) is 16.7 Å². The van der Waals surface area contributed by atoms with Crippen LogP contribution in [0.4, 0.5) is 5.69 Å². The molecule has 0 spiro atoms. The number of nitrogens with one attached hydrogen (secondary N) is 1. The molecule has 0 aromatic heterocycles. The molecule has 2 aromatic carbocycles. The van der Waals surface area contributed by atoms with E-state index in [-0.39, 0.29) is 5.57 Å². The van der Waals surface area contributed by atoms with E-state index >= 15 is 0 Å². The molecule has 0 saturated heterocycles. The van der Waals surface area contributed by atoms with E-state index < -0.39 is 5.91 Å². The summed E-state index contributed by atoms with van der Waals surface area (Å²) in [5.74, 6) is 0.580. The summed E-state index contributed by atoms with van der Waals surface area (Å²) in [5, 5.41) is 12.0. The molecule has 0 radical (unpaired) electrons. The molecule has 1 amide bonds. The number of amides is 1. The number of methoxy groups -OCH3 is 2. The van der Waals surface area contributed by atoms with Crippen molar-refractivity contribution in [2.75, 3.05) is 19.5 Å². The Balaban J connectivity index is 2.24. The Labute approximate surface area is 147 Å². The summed E-state index contributed by atoms with van der Waals surface area (Å²) in [4.78, 5) is 12.4. The van der Waals surface area contributed by atoms with Crippen molar-refractivity contribution in [1.29, 1.82) is 5.26 Å². The van der Waals surface area contributed by atoms with Crippen molar-refractivity contribution in [3.8, 4) is 17.6 Å². The number of rotatable bonds is 5. The lowest BCUT2D eigenvalue weighted by atomic mass is 10.0. The monoisotopic (exact) mass is 336 g/mol. The van der Waals surface area contributed by atoms with Gasteiger partial charge in [-0.15, -0.1) is 0 Å². The molecule has 25 heavy (non-hydrogen) atoms. The molecule has 0 bridgehead atoms. The van der Waals surface area contributed by atoms with Gasteiger partial charge in [0.15, 0.2) is 11.5 Å². The summed E-state index contributed by atoms with van der Waals surface area (Å²) in [6.07, 6.45) is 1.57. The van der Waals surface area contributed by atoms with E-state index in [9.17, 15) is 10.1 Å². The van der Waals surface area contributed by atoms with Crippen molar-refractivity contribution in [3.05, 3.63) is 58.7 Å². The van der Waals surface area contributed by atoms with Gasteiger partial charge in [-0.1, -0.05) is 18.2 Å². The molecule has 0 aliphatic heterocycles. The minimum Gasteiger partial charge on any atom is -0.493 e. The third-order valence-corrected chi connectivity index (χ3v) is 3.85. The van der Waals surface area contributed by atoms with Crippen LogP contribution in [0.3, 0.4) is 0 Å². The number of carbonyl (C=O) groups excluding carboxylic acids is 1. The van der Waals surface area contributed by atoms with Crippen molar-refractivity contribution in [2.45, 2.75) is 13.8 Å². The Morgan fingerprint density at radius 3 is 2.36 bits per heavy atom. The van der Waals surface area contributed by atoms with Gasteiger partial charge in [-0.25, -0.2) is 0 Å². The first-order chi connectivity index (χ1) is 12.0. The quantitative estimate of drug-likeness (QED) is 0.665. The average Bonchev–Trinajstić information content (AvgIpc) is 2.62. The number of aryl methyl sites for hydroxylation is 2. The molecule has 5 heteroatoms. The van der Waals surface area contributed by atoms with Crippen LogP contribution in [0.5, 0.6) is 11.5 Å². The van der Waals surface area contributed by atoms with Crippen LogP contribution in [-0.4, -0.2) is 20.1 Å². The van der Waals surface area contributed by atoms with E-state index in [2.05, 4.69) is 5.32 Å². The third kappa shape index (κ3) is 4.39. The summed E-state index contributed by atoms with van der Waals surface area (Å²) in [6, 6.07) is 12.7. The summed E-state index contributed by atoms with van der Waals surface area (Å²) < 4.78 is 10.4. The molecule has 0 aliphatic carbocycles. The third-order valence-electron chi connectivity index (χ3n) is 3.85. The zero-order chi connectivity index (χ0) is 18.4. The normalized spacial score (nSPS) is 10.8. The number of hydrogen-bond acceptors (Lipinski definition) is 4. The molecule has 0 unspecified atom stereocenters. The number of ether oxygens (including phenoxy) is 2. The highest BCUT2D eigenvalue weighted by molar-refractivity contribution is 6.09. The Hall–Kier alpha value is -3.26. The number of nitriles is 1. The van der Waals surface area contributed by atoms with Gasteiger partial charge in [-0.3, -0.25) is 4.79 Å². The first-order valence-corrected chi connectivity index (χ1v) is 7.71. The van der Waals surface area contributed by atoms with Crippen molar-refractivity contribution in [3.63, 3.8) is 0 Å². The number of benzene rings is 2. The van der Waals surface area contributed by atoms with E-state index in [4.69, 9.17) is 9.47 Å². The molecule has 1 N–H and O–H groups in total. The van der Waals surface area contributed by atoms with Gasteiger partial charge in [-0.05, 0) is 48.7 Å². The Morgan fingerprint density at radius 1 is 1.04 bits per heavy atom. The maximum atomic E-state index is 12.4. The second kappa shape index (κ2) is 8.02. The molecule has 0 fully saturated rings. The van der Waals surface area contributed by atoms with Crippen LogP contribution in [-0.2, 0) is 4.79 Å².